The van der Waals surface area contributed by atoms with Gasteiger partial charge in [0.05, 0.1) is 8.95 Å². The second kappa shape index (κ2) is 5.95. The Labute approximate surface area is 131 Å². The zero-order valence-electron chi connectivity index (χ0n) is 9.06. The molecule has 0 aliphatic carbocycles. The second-order valence-electron chi connectivity index (χ2n) is 3.62. The highest BCUT2D eigenvalue weighted by atomic mass is 127. The first-order valence-electron chi connectivity index (χ1n) is 5.05. The lowest BCUT2D eigenvalue weighted by Crippen LogP contribution is -2.10. The number of carbonyl (C=O) groups is 1. The Morgan fingerprint density at radius 3 is 2.78 bits per heavy atom. The maximum absolute atomic E-state index is 12.3. The summed E-state index contributed by atoms with van der Waals surface area (Å²) in [5.74, 6) is -0.886. The summed E-state index contributed by atoms with van der Waals surface area (Å²) in [5.41, 5.74) is 1.33. The van der Waals surface area contributed by atoms with Gasteiger partial charge in [-0.15, -0.1) is 11.3 Å². The summed E-state index contributed by atoms with van der Waals surface area (Å²) in [5, 5.41) is 11.0. The largest absolute Gasteiger partial charge is 0.292 e. The maximum Gasteiger partial charge on any atom is 0.185 e. The molecule has 90 valence electrons. The monoisotopic (exact) mass is 431 g/mol. The van der Waals surface area contributed by atoms with Gasteiger partial charge in [0.15, 0.2) is 5.78 Å². The van der Waals surface area contributed by atoms with Crippen molar-refractivity contribution >= 4 is 55.6 Å². The average molecular weight is 432 g/mol. The molecule has 0 saturated carbocycles. The molecule has 1 atom stereocenters. The molecule has 0 aliphatic rings. The first kappa shape index (κ1) is 13.7. The highest BCUT2D eigenvalue weighted by molar-refractivity contribution is 14.1. The van der Waals surface area contributed by atoms with Gasteiger partial charge in [0.25, 0.3) is 0 Å². The SMILES string of the molecule is N#CC(C(=O)c1csc(I)c1)c1cccc(Br)c1. The fraction of sp³-hybridized carbons (Fsp3) is 0.0769. The van der Waals surface area contributed by atoms with Crippen molar-refractivity contribution in [2.75, 3.05) is 0 Å². The van der Waals surface area contributed by atoms with Crippen LogP contribution in [0.3, 0.4) is 0 Å². The minimum Gasteiger partial charge on any atom is -0.292 e. The molecular formula is C13H7BrINOS. The highest BCUT2D eigenvalue weighted by Crippen LogP contribution is 2.26. The van der Waals surface area contributed by atoms with E-state index >= 15 is 0 Å². The number of carbonyl (C=O) groups excluding carboxylic acids is 1. The van der Waals surface area contributed by atoms with Crippen LogP contribution in [0.25, 0.3) is 0 Å². The molecule has 0 N–H and O–H groups in total. The summed E-state index contributed by atoms with van der Waals surface area (Å²) in [6.07, 6.45) is 0. The second-order valence-corrected chi connectivity index (χ2v) is 7.34. The van der Waals surface area contributed by atoms with Crippen molar-refractivity contribution in [3.63, 3.8) is 0 Å². The Bertz CT molecular complexity index is 632. The van der Waals surface area contributed by atoms with Crippen LogP contribution >= 0.6 is 49.9 Å². The number of hydrogen-bond donors (Lipinski definition) is 0. The summed E-state index contributed by atoms with van der Waals surface area (Å²) in [6, 6.07) is 11.2. The molecule has 1 unspecified atom stereocenters. The van der Waals surface area contributed by atoms with Gasteiger partial charge in [-0.1, -0.05) is 28.1 Å². The maximum atomic E-state index is 12.3. The molecule has 0 fully saturated rings. The predicted molar refractivity (Wildman–Crippen MR) is 83.9 cm³/mol. The topological polar surface area (TPSA) is 40.9 Å². The third kappa shape index (κ3) is 2.99. The van der Waals surface area contributed by atoms with Crippen LogP contribution in [-0.4, -0.2) is 5.78 Å². The number of Topliss-reactive ketones (excluding diaryl/α,β-unsaturated/α-hetero) is 1. The molecule has 0 spiro atoms. The Morgan fingerprint density at radius 2 is 2.22 bits per heavy atom. The van der Waals surface area contributed by atoms with Crippen molar-refractivity contribution in [3.05, 3.63) is 54.2 Å². The van der Waals surface area contributed by atoms with Gasteiger partial charge in [-0.25, -0.2) is 0 Å². The van der Waals surface area contributed by atoms with Crippen LogP contribution in [0.5, 0.6) is 0 Å². The lowest BCUT2D eigenvalue weighted by molar-refractivity contribution is 0.0979. The fourth-order valence-electron chi connectivity index (χ4n) is 1.58. The lowest BCUT2D eigenvalue weighted by atomic mass is 9.93. The summed E-state index contributed by atoms with van der Waals surface area (Å²) >= 11 is 7.02. The van der Waals surface area contributed by atoms with E-state index in [2.05, 4.69) is 44.6 Å². The molecule has 1 aromatic heterocycles. The smallest absolute Gasteiger partial charge is 0.185 e. The number of ketones is 1. The van der Waals surface area contributed by atoms with Crippen molar-refractivity contribution in [2.45, 2.75) is 5.92 Å². The zero-order chi connectivity index (χ0) is 13.1. The van der Waals surface area contributed by atoms with Gasteiger partial charge in [-0.2, -0.15) is 5.26 Å². The number of benzene rings is 1. The molecule has 2 rings (SSSR count). The standard InChI is InChI=1S/C13H7BrINOS/c14-10-3-1-2-8(4-10)11(6-16)13(17)9-5-12(15)18-7-9/h1-5,7,11H. The van der Waals surface area contributed by atoms with Crippen molar-refractivity contribution in [2.24, 2.45) is 0 Å². The van der Waals surface area contributed by atoms with E-state index in [-0.39, 0.29) is 5.78 Å². The Kier molecular flexibility index (Phi) is 4.54. The van der Waals surface area contributed by atoms with E-state index in [0.717, 1.165) is 12.9 Å². The number of thiophene rings is 1. The number of halogens is 2. The van der Waals surface area contributed by atoms with Crippen LogP contribution in [0.15, 0.2) is 40.2 Å². The molecule has 18 heavy (non-hydrogen) atoms. The van der Waals surface area contributed by atoms with Gasteiger partial charge >= 0.3 is 0 Å². The Balaban J connectivity index is 2.35. The van der Waals surface area contributed by atoms with Gasteiger partial charge in [0, 0.05) is 15.4 Å². The van der Waals surface area contributed by atoms with Crippen LogP contribution in [0.1, 0.15) is 21.8 Å². The van der Waals surface area contributed by atoms with Crippen LogP contribution < -0.4 is 0 Å². The molecule has 2 aromatic rings. The van der Waals surface area contributed by atoms with E-state index in [9.17, 15) is 10.1 Å². The van der Waals surface area contributed by atoms with Crippen LogP contribution in [0.4, 0.5) is 0 Å². The van der Waals surface area contributed by atoms with Gasteiger partial charge in [-0.05, 0) is 46.4 Å². The van der Waals surface area contributed by atoms with E-state index in [1.54, 1.807) is 11.4 Å². The molecule has 0 amide bonds. The van der Waals surface area contributed by atoms with Crippen LogP contribution in [0, 0.1) is 14.2 Å². The number of rotatable bonds is 3. The van der Waals surface area contributed by atoms with E-state index in [1.807, 2.05) is 24.3 Å². The summed E-state index contributed by atoms with van der Waals surface area (Å²) in [4.78, 5) is 12.3. The Hall–Kier alpha value is -0.710. The third-order valence-corrected chi connectivity index (χ3v) is 4.71. The molecule has 1 heterocycles. The van der Waals surface area contributed by atoms with Crippen LogP contribution in [-0.2, 0) is 0 Å². The number of nitrogens with zero attached hydrogens (tertiary/aromatic N) is 1. The Morgan fingerprint density at radius 1 is 1.44 bits per heavy atom. The van der Waals surface area contributed by atoms with E-state index in [0.29, 0.717) is 5.56 Å². The zero-order valence-corrected chi connectivity index (χ0v) is 13.6. The first-order valence-corrected chi connectivity index (χ1v) is 7.80. The fourth-order valence-corrected chi connectivity index (χ4v) is 3.33. The summed E-state index contributed by atoms with van der Waals surface area (Å²) < 4.78 is 1.91. The molecule has 0 saturated heterocycles. The first-order chi connectivity index (χ1) is 8.61. The predicted octanol–water partition coefficient (Wildman–Crippen LogP) is 4.61. The number of nitriles is 1. The summed E-state index contributed by atoms with van der Waals surface area (Å²) in [7, 11) is 0. The minimum atomic E-state index is -0.743. The van der Waals surface area contributed by atoms with Gasteiger partial charge < -0.3 is 0 Å². The quantitative estimate of drug-likeness (QED) is 0.526. The molecule has 0 aliphatic heterocycles. The van der Waals surface area contributed by atoms with E-state index < -0.39 is 5.92 Å². The normalized spacial score (nSPS) is 11.8. The van der Waals surface area contributed by atoms with Gasteiger partial charge in [0.2, 0.25) is 0 Å². The minimum absolute atomic E-state index is 0.144. The lowest BCUT2D eigenvalue weighted by Gasteiger charge is -2.07. The van der Waals surface area contributed by atoms with Crippen molar-refractivity contribution in [3.8, 4) is 6.07 Å². The van der Waals surface area contributed by atoms with Crippen molar-refractivity contribution < 1.29 is 4.79 Å². The number of hydrogen-bond acceptors (Lipinski definition) is 3. The van der Waals surface area contributed by atoms with E-state index in [4.69, 9.17) is 0 Å². The van der Waals surface area contributed by atoms with Crippen LogP contribution in [0.2, 0.25) is 0 Å². The molecule has 1 aromatic carbocycles. The van der Waals surface area contributed by atoms with E-state index in [1.165, 1.54) is 11.3 Å². The third-order valence-electron chi connectivity index (χ3n) is 2.43. The molecular weight excluding hydrogens is 425 g/mol. The van der Waals surface area contributed by atoms with Gasteiger partial charge in [-0.3, -0.25) is 4.79 Å². The molecule has 0 bridgehead atoms. The molecule has 5 heteroatoms. The van der Waals surface area contributed by atoms with Crippen molar-refractivity contribution in [1.82, 2.24) is 0 Å². The van der Waals surface area contributed by atoms with Gasteiger partial charge in [0.1, 0.15) is 5.92 Å². The molecule has 0 radical (unpaired) electrons. The summed E-state index contributed by atoms with van der Waals surface area (Å²) in [6.45, 7) is 0. The molecule has 2 nitrogen and oxygen atoms in total. The highest BCUT2D eigenvalue weighted by Gasteiger charge is 2.22. The van der Waals surface area contributed by atoms with Crippen molar-refractivity contribution in [1.29, 1.82) is 5.26 Å². The average Bonchev–Trinajstić information content (AvgIpc) is 2.77.